The number of nitrogens with zero attached hydrogens (tertiary/aromatic N) is 2. The van der Waals surface area contributed by atoms with E-state index in [0.29, 0.717) is 6.54 Å². The Kier molecular flexibility index (Phi) is 5.08. The van der Waals surface area contributed by atoms with Crippen molar-refractivity contribution in [3.05, 3.63) is 58.1 Å². The number of benzene rings is 2. The molecule has 0 saturated carbocycles. The number of nitro groups is 1. The third-order valence-corrected chi connectivity index (χ3v) is 4.62. The molecule has 0 aliphatic rings. The Labute approximate surface area is 141 Å². The Hall–Kier alpha value is -2.61. The molecule has 0 amide bonds. The van der Waals surface area contributed by atoms with E-state index in [1.54, 1.807) is 0 Å². The van der Waals surface area contributed by atoms with E-state index in [-0.39, 0.29) is 10.6 Å². The lowest BCUT2D eigenvalue weighted by atomic mass is 10.2. The van der Waals surface area contributed by atoms with Gasteiger partial charge in [-0.05, 0) is 29.8 Å². The van der Waals surface area contributed by atoms with Crippen molar-refractivity contribution in [2.45, 2.75) is 11.4 Å². The summed E-state index contributed by atoms with van der Waals surface area (Å²) in [7, 11) is 0.157. The Bertz CT molecular complexity index is 863. The van der Waals surface area contributed by atoms with E-state index in [0.717, 1.165) is 17.5 Å². The fourth-order valence-electron chi connectivity index (χ4n) is 2.29. The molecule has 0 saturated heterocycles. The molecule has 0 aromatic heterocycles. The smallest absolute Gasteiger partial charge is 0.310 e. The highest BCUT2D eigenvalue weighted by atomic mass is 32.2. The van der Waals surface area contributed by atoms with Crippen molar-refractivity contribution >= 4 is 26.9 Å². The molecule has 0 aliphatic carbocycles. The molecule has 8 heteroatoms. The number of rotatable bonds is 6. The molecule has 0 atom stereocenters. The van der Waals surface area contributed by atoms with Crippen LogP contribution in [0.4, 0.5) is 17.1 Å². The standard InChI is InChI=1S/C16H19N3O4S/c1-18(2)13-7-4-6-12(10-13)11-17-14-8-5-9-15(24(3,22)23)16(14)19(20)21/h4-10,17H,11H2,1-3H3. The van der Waals surface area contributed by atoms with Crippen LogP contribution >= 0.6 is 0 Å². The van der Waals surface area contributed by atoms with Crippen LogP contribution in [0.25, 0.3) is 0 Å². The molecule has 0 radical (unpaired) electrons. The van der Waals surface area contributed by atoms with Crippen molar-refractivity contribution in [3.8, 4) is 0 Å². The number of hydrogen-bond donors (Lipinski definition) is 1. The van der Waals surface area contributed by atoms with Gasteiger partial charge in [0.25, 0.3) is 0 Å². The van der Waals surface area contributed by atoms with Gasteiger partial charge in [-0.15, -0.1) is 0 Å². The lowest BCUT2D eigenvalue weighted by Crippen LogP contribution is -2.10. The summed E-state index contributed by atoms with van der Waals surface area (Å²) in [5.74, 6) is 0. The summed E-state index contributed by atoms with van der Waals surface area (Å²) in [5.41, 5.74) is 1.69. The van der Waals surface area contributed by atoms with E-state index in [9.17, 15) is 18.5 Å². The van der Waals surface area contributed by atoms with E-state index >= 15 is 0 Å². The number of anilines is 2. The first-order valence-electron chi connectivity index (χ1n) is 7.17. The molecule has 1 N–H and O–H groups in total. The lowest BCUT2D eigenvalue weighted by Gasteiger charge is -2.14. The molecule has 0 unspecified atom stereocenters. The number of nitrogens with one attached hydrogen (secondary N) is 1. The number of nitro benzene ring substituents is 1. The van der Waals surface area contributed by atoms with Gasteiger partial charge in [0.05, 0.1) is 4.92 Å². The van der Waals surface area contributed by atoms with Crippen molar-refractivity contribution in [2.24, 2.45) is 0 Å². The third-order valence-electron chi connectivity index (χ3n) is 3.49. The van der Waals surface area contributed by atoms with Gasteiger partial charge < -0.3 is 10.2 Å². The zero-order chi connectivity index (χ0) is 17.9. The van der Waals surface area contributed by atoms with Crippen LogP contribution in [0.5, 0.6) is 0 Å². The normalized spacial score (nSPS) is 11.1. The molecular formula is C16H19N3O4S. The summed E-state index contributed by atoms with van der Waals surface area (Å²) < 4.78 is 23.5. The van der Waals surface area contributed by atoms with Crippen LogP contribution in [0.2, 0.25) is 0 Å². The summed E-state index contributed by atoms with van der Waals surface area (Å²) in [5, 5.41) is 14.3. The van der Waals surface area contributed by atoms with Crippen molar-refractivity contribution in [1.82, 2.24) is 0 Å². The Morgan fingerprint density at radius 2 is 1.83 bits per heavy atom. The first kappa shape index (κ1) is 17.7. The van der Waals surface area contributed by atoms with Crippen LogP contribution in [0.15, 0.2) is 47.4 Å². The maximum atomic E-state index is 11.8. The lowest BCUT2D eigenvalue weighted by molar-refractivity contribution is -0.386. The first-order chi connectivity index (χ1) is 11.2. The Morgan fingerprint density at radius 3 is 2.42 bits per heavy atom. The summed E-state index contributed by atoms with van der Waals surface area (Å²) in [6, 6.07) is 11.9. The van der Waals surface area contributed by atoms with Crippen molar-refractivity contribution in [2.75, 3.05) is 30.6 Å². The van der Waals surface area contributed by atoms with Crippen molar-refractivity contribution in [3.63, 3.8) is 0 Å². The molecule has 128 valence electrons. The third kappa shape index (κ3) is 4.02. The minimum absolute atomic E-state index is 0.179. The van der Waals surface area contributed by atoms with Crippen molar-refractivity contribution in [1.29, 1.82) is 0 Å². The average Bonchev–Trinajstić information content (AvgIpc) is 2.51. The number of hydrogen-bond acceptors (Lipinski definition) is 6. The summed E-state index contributed by atoms with van der Waals surface area (Å²) in [4.78, 5) is 12.3. The van der Waals surface area contributed by atoms with Gasteiger partial charge in [0.1, 0.15) is 10.6 Å². The molecular weight excluding hydrogens is 330 g/mol. The molecule has 0 bridgehead atoms. The maximum Gasteiger partial charge on any atom is 0.310 e. The van der Waals surface area contributed by atoms with Crippen molar-refractivity contribution < 1.29 is 13.3 Å². The fourth-order valence-corrected chi connectivity index (χ4v) is 3.16. The van der Waals surface area contributed by atoms with Gasteiger partial charge in [-0.1, -0.05) is 18.2 Å². The Morgan fingerprint density at radius 1 is 1.17 bits per heavy atom. The zero-order valence-electron chi connectivity index (χ0n) is 13.7. The predicted octanol–water partition coefficient (Wildman–Crippen LogP) is 2.68. The quantitative estimate of drug-likeness (QED) is 0.637. The van der Waals surface area contributed by atoms with E-state index in [2.05, 4.69) is 5.32 Å². The van der Waals surface area contributed by atoms with Gasteiger partial charge in [-0.2, -0.15) is 0 Å². The second-order valence-corrected chi connectivity index (χ2v) is 7.58. The number of para-hydroxylation sites is 1. The molecule has 2 aromatic carbocycles. The van der Waals surface area contributed by atoms with Gasteiger partial charge in [0.15, 0.2) is 9.84 Å². The predicted molar refractivity (Wildman–Crippen MR) is 94.3 cm³/mol. The molecule has 0 heterocycles. The molecule has 2 aromatic rings. The number of sulfone groups is 1. The molecule has 7 nitrogen and oxygen atoms in total. The van der Waals surface area contributed by atoms with Crippen LogP contribution in [-0.4, -0.2) is 33.7 Å². The summed E-state index contributed by atoms with van der Waals surface area (Å²) in [6.07, 6.45) is 0.958. The second kappa shape index (κ2) is 6.88. The Balaban J connectivity index is 2.34. The fraction of sp³-hybridized carbons (Fsp3) is 0.250. The highest BCUT2D eigenvalue weighted by molar-refractivity contribution is 7.90. The topological polar surface area (TPSA) is 92.6 Å². The SMILES string of the molecule is CN(C)c1cccc(CNc2cccc(S(C)(=O)=O)c2[N+](=O)[O-])c1. The largest absolute Gasteiger partial charge is 0.378 e. The highest BCUT2D eigenvalue weighted by Gasteiger charge is 2.25. The van der Waals surface area contributed by atoms with Gasteiger partial charge in [-0.25, -0.2) is 8.42 Å². The van der Waals surface area contributed by atoms with Crippen LogP contribution in [-0.2, 0) is 16.4 Å². The zero-order valence-corrected chi connectivity index (χ0v) is 14.5. The molecule has 0 fully saturated rings. The van der Waals surface area contributed by atoms with E-state index in [1.165, 1.54) is 18.2 Å². The van der Waals surface area contributed by atoms with Gasteiger partial charge >= 0.3 is 5.69 Å². The summed E-state index contributed by atoms with van der Waals surface area (Å²) >= 11 is 0. The van der Waals surface area contributed by atoms with E-state index < -0.39 is 20.4 Å². The van der Waals surface area contributed by atoms with Crippen LogP contribution in [0.1, 0.15) is 5.56 Å². The molecule has 2 rings (SSSR count). The van der Waals surface area contributed by atoms with E-state index in [4.69, 9.17) is 0 Å². The minimum Gasteiger partial charge on any atom is -0.378 e. The first-order valence-corrected chi connectivity index (χ1v) is 9.07. The monoisotopic (exact) mass is 349 g/mol. The average molecular weight is 349 g/mol. The van der Waals surface area contributed by atoms with Gasteiger partial charge in [0.2, 0.25) is 0 Å². The van der Waals surface area contributed by atoms with Gasteiger partial charge in [0, 0.05) is 32.6 Å². The molecule has 0 aliphatic heterocycles. The molecule has 0 spiro atoms. The van der Waals surface area contributed by atoms with Crippen LogP contribution in [0.3, 0.4) is 0 Å². The molecule has 24 heavy (non-hydrogen) atoms. The highest BCUT2D eigenvalue weighted by Crippen LogP contribution is 2.32. The van der Waals surface area contributed by atoms with E-state index in [1.807, 2.05) is 43.3 Å². The second-order valence-electron chi connectivity index (χ2n) is 5.60. The van der Waals surface area contributed by atoms with Crippen LogP contribution < -0.4 is 10.2 Å². The van der Waals surface area contributed by atoms with Crippen LogP contribution in [0, 0.1) is 10.1 Å². The minimum atomic E-state index is -3.69. The van der Waals surface area contributed by atoms with Gasteiger partial charge in [-0.3, -0.25) is 10.1 Å². The summed E-state index contributed by atoms with van der Waals surface area (Å²) in [6.45, 7) is 0.343. The maximum absolute atomic E-state index is 11.8.